The molecule has 0 bridgehead atoms. The summed E-state index contributed by atoms with van der Waals surface area (Å²) < 4.78 is 152. The number of hydrogen-bond donors (Lipinski definition) is 15. The zero-order valence-electron chi connectivity index (χ0n) is 71.0. The molecule has 45 heteroatoms. The van der Waals surface area contributed by atoms with Gasteiger partial charge in [-0.25, -0.2) is 53.1 Å². The summed E-state index contributed by atoms with van der Waals surface area (Å²) in [4.78, 5) is 89.7. The van der Waals surface area contributed by atoms with Crippen LogP contribution in [0, 0.1) is 0 Å². The number of anilines is 2. The highest BCUT2D eigenvalue weighted by atomic mass is 32.2. The van der Waals surface area contributed by atoms with Crippen LogP contribution < -0.4 is 56.1 Å². The number of carbonyl (C=O) groups excluding carboxylic acids is 4. The van der Waals surface area contributed by atoms with Crippen molar-refractivity contribution in [3.05, 3.63) is 182 Å². The van der Waals surface area contributed by atoms with Gasteiger partial charge in [-0.3, -0.25) is 38.1 Å². The Balaban J connectivity index is 0.478. The number of aromatic nitrogens is 8. The topological polar surface area (TPSA) is 560 Å². The van der Waals surface area contributed by atoms with E-state index in [9.17, 15) is 72.7 Å². The van der Waals surface area contributed by atoms with Crippen LogP contribution in [0.5, 0.6) is 0 Å². The van der Waals surface area contributed by atoms with Crippen LogP contribution in [0.2, 0.25) is 0 Å². The van der Waals surface area contributed by atoms with E-state index in [1.165, 1.54) is 72.8 Å². The standard InChI is InChI=1S/C84H109N19O22S4/c1-85-72(80(107)87-33-5-43-121-47-51-125-53-49-123-45-7-35-99-127(114,115)69-20-10-61(11-21-69)63-14-24-71(25-15-63)129(118,119)101-74(82(110)111)59-95-79(106)65-17-28-76-67(55-65)57-97-103(76)41-3-31-89-84-92-38-39-93-84)26-29-77(104)86-32-4-42-120-46-50-124-52-48-122-44-6-34-98-126(112,113)68-18-8-60(9-19-68)62-12-22-70(23-13-62)128(116,117)100-73(81(108)109)58-94-78(105)64-16-27-75-66(54-64)56-96-102(75)40-2-30-88-83-90-36-37-91-83/h8-25,27-28,36-39,54-57,72-74,85,98-101H,2-7,26,29-35,40-53,58-59H2,1H3,(H,86,104)(H,87,107)(H,94,105)(H,95,106)(H,108,109)(H,110,111)(H2,88,90,91)(H2,89,92,93). The number of fused-ring (bicyclic) bond motifs is 2. The largest absolute Gasteiger partial charge is 0.480 e. The lowest BCUT2D eigenvalue weighted by molar-refractivity contribution is -0.139. The van der Waals surface area contributed by atoms with Gasteiger partial charge in [-0.2, -0.15) is 19.6 Å². The van der Waals surface area contributed by atoms with E-state index in [2.05, 4.69) is 86.2 Å². The molecule has 696 valence electrons. The first-order valence-electron chi connectivity index (χ1n) is 41.8. The molecule has 3 atom stereocenters. The monoisotopic (exact) mass is 1860 g/mol. The van der Waals surface area contributed by atoms with Crippen molar-refractivity contribution in [2.75, 3.05) is 149 Å². The third kappa shape index (κ3) is 32.3. The summed E-state index contributed by atoms with van der Waals surface area (Å²) >= 11 is 0. The first kappa shape index (κ1) is 99.6. The summed E-state index contributed by atoms with van der Waals surface area (Å²) in [6.45, 7) is 6.06. The maximum absolute atomic E-state index is 13.4. The highest BCUT2D eigenvalue weighted by Crippen LogP contribution is 2.27. The van der Waals surface area contributed by atoms with Crippen molar-refractivity contribution in [1.29, 1.82) is 0 Å². The van der Waals surface area contributed by atoms with Crippen LogP contribution in [0.3, 0.4) is 0 Å². The zero-order valence-corrected chi connectivity index (χ0v) is 74.3. The number of sulfonamides is 4. The van der Waals surface area contributed by atoms with E-state index in [4.69, 9.17) is 28.4 Å². The van der Waals surface area contributed by atoms with Crippen molar-refractivity contribution in [2.24, 2.45) is 0 Å². The Kier molecular flexibility index (Phi) is 39.4. The molecule has 10 aromatic rings. The highest BCUT2D eigenvalue weighted by molar-refractivity contribution is 7.90. The van der Waals surface area contributed by atoms with Crippen molar-refractivity contribution in [3.8, 4) is 22.3 Å². The number of amides is 4. The molecule has 0 aliphatic rings. The van der Waals surface area contributed by atoms with Crippen LogP contribution in [0.1, 0.15) is 72.1 Å². The van der Waals surface area contributed by atoms with Gasteiger partial charge in [0.15, 0.2) is 11.9 Å². The van der Waals surface area contributed by atoms with Crippen LogP contribution in [-0.4, -0.2) is 276 Å². The summed E-state index contributed by atoms with van der Waals surface area (Å²) in [5.74, 6) is -3.34. The predicted octanol–water partition coefficient (Wildman–Crippen LogP) is 4.01. The van der Waals surface area contributed by atoms with E-state index in [0.29, 0.717) is 163 Å². The van der Waals surface area contributed by atoms with E-state index in [1.54, 1.807) is 114 Å². The molecule has 4 aromatic heterocycles. The zero-order chi connectivity index (χ0) is 91.9. The van der Waals surface area contributed by atoms with Gasteiger partial charge in [-0.05, 0) is 159 Å². The number of nitrogens with zero attached hydrogens (tertiary/aromatic N) is 6. The number of carbonyl (C=O) groups is 6. The fourth-order valence-electron chi connectivity index (χ4n) is 12.9. The van der Waals surface area contributed by atoms with Crippen molar-refractivity contribution in [2.45, 2.75) is 102 Å². The van der Waals surface area contributed by atoms with Gasteiger partial charge in [0.1, 0.15) is 12.1 Å². The van der Waals surface area contributed by atoms with Crippen LogP contribution in [0.4, 0.5) is 11.9 Å². The second kappa shape index (κ2) is 51.0. The molecular formula is C84H109N19O22S4. The summed E-state index contributed by atoms with van der Waals surface area (Å²) in [6, 6.07) is 29.0. The lowest BCUT2D eigenvalue weighted by Crippen LogP contribution is -2.48. The number of likely N-dealkylation sites (N-methyl/N-ethyl adjacent to an activating group) is 1. The fraction of sp³-hybridized carbons (Fsp3) is 0.405. The molecule has 4 heterocycles. The summed E-state index contributed by atoms with van der Waals surface area (Å²) in [7, 11) is -14.9. The Hall–Kier alpha value is -11.5. The van der Waals surface area contributed by atoms with Crippen LogP contribution in [0.15, 0.2) is 190 Å². The number of benzene rings is 6. The Bertz CT molecular complexity index is 5700. The maximum Gasteiger partial charge on any atom is 0.323 e. The molecule has 4 amide bonds. The molecule has 41 nitrogen and oxygen atoms in total. The van der Waals surface area contributed by atoms with Gasteiger partial charge < -0.3 is 85.8 Å². The quantitative estimate of drug-likeness (QED) is 0.0239. The minimum absolute atomic E-state index is 0.0107. The number of H-pyrrole nitrogens is 2. The first-order valence-corrected chi connectivity index (χ1v) is 47.7. The van der Waals surface area contributed by atoms with Gasteiger partial charge in [0.2, 0.25) is 51.9 Å². The van der Waals surface area contributed by atoms with Crippen molar-refractivity contribution in [3.63, 3.8) is 0 Å². The number of aromatic amines is 2. The number of rotatable bonds is 63. The average molecular weight is 1870 g/mol. The van der Waals surface area contributed by atoms with Gasteiger partial charge in [0.05, 0.1) is 102 Å². The van der Waals surface area contributed by atoms with Crippen molar-refractivity contribution >= 4 is 109 Å². The Morgan fingerprint density at radius 1 is 0.403 bits per heavy atom. The number of aryl methyl sites for hydroxylation is 2. The molecule has 0 radical (unpaired) electrons. The number of imidazole rings is 2. The van der Waals surface area contributed by atoms with Crippen LogP contribution in [0.25, 0.3) is 44.1 Å². The number of carboxylic acids is 2. The summed E-state index contributed by atoms with van der Waals surface area (Å²) in [6.07, 6.45) is 13.8. The molecule has 129 heavy (non-hydrogen) atoms. The number of hydrogen-bond acceptors (Lipinski definition) is 27. The van der Waals surface area contributed by atoms with E-state index in [0.717, 1.165) is 23.9 Å². The molecule has 3 unspecified atom stereocenters. The molecular weight excluding hydrogens is 1760 g/mol. The Morgan fingerprint density at radius 2 is 0.752 bits per heavy atom. The predicted molar refractivity (Wildman–Crippen MR) is 477 cm³/mol. The van der Waals surface area contributed by atoms with Gasteiger partial charge in [-0.1, -0.05) is 48.5 Å². The number of nitrogens with one attached hydrogen (secondary N) is 13. The normalized spacial score (nSPS) is 12.7. The van der Waals surface area contributed by atoms with Gasteiger partial charge in [0, 0.05) is 145 Å². The molecule has 0 fully saturated rings. The molecule has 0 spiro atoms. The minimum Gasteiger partial charge on any atom is -0.480 e. The molecule has 0 aliphatic heterocycles. The van der Waals surface area contributed by atoms with E-state index < -0.39 is 95.1 Å². The lowest BCUT2D eigenvalue weighted by atomic mass is 10.1. The summed E-state index contributed by atoms with van der Waals surface area (Å²) in [5, 5.41) is 50.0. The van der Waals surface area contributed by atoms with Gasteiger partial charge in [0.25, 0.3) is 11.8 Å². The minimum atomic E-state index is -4.38. The SMILES string of the molecule is CNC(CCC(=O)NCCCOCCOCCOCCCNS(=O)(=O)c1ccc(-c2ccc(S(=O)(=O)NC(CNC(=O)c3ccc4c(cnn4CCCNc4ncc[nH]4)c3)C(=O)O)cc2)cc1)C(=O)NCCCOCCOCCOCCCNS(=O)(=O)c1ccc(-c2ccc(S(=O)(=O)NC(CNC(=O)c3ccc4c(cnn4CCCNc4ncc[nH]4)c3)C(=O)O)cc2)cc1. The molecule has 15 N–H and O–H groups in total. The van der Waals surface area contributed by atoms with Crippen LogP contribution >= 0.6 is 0 Å². The van der Waals surface area contributed by atoms with Crippen molar-refractivity contribution in [1.82, 2.24) is 85.0 Å². The molecule has 0 aliphatic carbocycles. The average Bonchev–Trinajstić information content (AvgIpc) is 1.79. The smallest absolute Gasteiger partial charge is 0.323 e. The Morgan fingerprint density at radius 3 is 1.10 bits per heavy atom. The highest BCUT2D eigenvalue weighted by Gasteiger charge is 2.29. The van der Waals surface area contributed by atoms with Crippen LogP contribution in [-0.2, 0) is 101 Å². The van der Waals surface area contributed by atoms with Crippen molar-refractivity contribution < 1.29 is 101 Å². The lowest BCUT2D eigenvalue weighted by Gasteiger charge is -2.16. The molecule has 6 aromatic carbocycles. The van der Waals surface area contributed by atoms with E-state index in [1.807, 2.05) is 0 Å². The molecule has 10 rings (SSSR count). The molecule has 0 saturated carbocycles. The first-order chi connectivity index (χ1) is 62.2. The van der Waals surface area contributed by atoms with E-state index in [-0.39, 0.29) is 94.9 Å². The third-order valence-electron chi connectivity index (χ3n) is 19.8. The van der Waals surface area contributed by atoms with Gasteiger partial charge >= 0.3 is 11.9 Å². The summed E-state index contributed by atoms with van der Waals surface area (Å²) in [5.41, 5.74) is 4.33. The third-order valence-corrected chi connectivity index (χ3v) is 25.7. The number of ether oxygens (including phenoxy) is 6. The molecule has 0 saturated heterocycles. The fourth-order valence-corrected chi connectivity index (χ4v) is 17.4. The second-order valence-corrected chi connectivity index (χ2v) is 36.1. The van der Waals surface area contributed by atoms with E-state index >= 15 is 0 Å². The maximum atomic E-state index is 13.4. The number of carboxylic acid groups (broad SMARTS) is 2. The second-order valence-electron chi connectivity index (χ2n) is 29.2. The van der Waals surface area contributed by atoms with Gasteiger partial charge in [-0.15, -0.1) is 0 Å². The Labute approximate surface area is 746 Å². The number of aliphatic carboxylic acids is 2.